The third-order valence-electron chi connectivity index (χ3n) is 2.52. The second-order valence-corrected chi connectivity index (χ2v) is 4.80. The number of anilines is 1. The second kappa shape index (κ2) is 5.92. The van der Waals surface area contributed by atoms with Crippen molar-refractivity contribution in [1.29, 1.82) is 5.26 Å². The lowest BCUT2D eigenvalue weighted by Gasteiger charge is -2.08. The molecule has 0 amide bonds. The number of rotatable bonds is 3. The zero-order chi connectivity index (χ0) is 13.8. The third-order valence-corrected chi connectivity index (χ3v) is 2.96. The Kier molecular flexibility index (Phi) is 4.26. The molecular formula is C14H9Cl2FN2. The SMILES string of the molecule is N#Cc1ccc(F)c(CNc2cc(Cl)cc(Cl)c2)c1. The lowest BCUT2D eigenvalue weighted by molar-refractivity contribution is 0.612. The van der Waals surface area contributed by atoms with Gasteiger partial charge in [0.1, 0.15) is 5.82 Å². The Bertz CT molecular complexity index is 630. The van der Waals surface area contributed by atoms with Gasteiger partial charge in [-0.05, 0) is 36.4 Å². The van der Waals surface area contributed by atoms with E-state index in [9.17, 15) is 4.39 Å². The molecule has 0 bridgehead atoms. The van der Waals surface area contributed by atoms with Crippen molar-refractivity contribution in [3.63, 3.8) is 0 Å². The van der Waals surface area contributed by atoms with E-state index in [1.807, 2.05) is 6.07 Å². The Morgan fingerprint density at radius 3 is 2.42 bits per heavy atom. The fraction of sp³-hybridized carbons (Fsp3) is 0.0714. The van der Waals surface area contributed by atoms with Gasteiger partial charge < -0.3 is 5.32 Å². The van der Waals surface area contributed by atoms with Crippen LogP contribution in [-0.2, 0) is 6.54 Å². The highest BCUT2D eigenvalue weighted by Gasteiger charge is 2.04. The maximum absolute atomic E-state index is 13.6. The highest BCUT2D eigenvalue weighted by Crippen LogP contribution is 2.23. The molecule has 96 valence electrons. The summed E-state index contributed by atoms with van der Waals surface area (Å²) >= 11 is 11.7. The minimum atomic E-state index is -0.361. The number of hydrogen-bond donors (Lipinski definition) is 1. The largest absolute Gasteiger partial charge is 0.381 e. The maximum Gasteiger partial charge on any atom is 0.128 e. The van der Waals surface area contributed by atoms with Crippen LogP contribution in [0.4, 0.5) is 10.1 Å². The standard InChI is InChI=1S/C14H9Cl2FN2/c15-11-4-12(16)6-13(5-11)19-8-10-3-9(7-18)1-2-14(10)17/h1-6,19H,8H2. The van der Waals surface area contributed by atoms with Gasteiger partial charge in [0.25, 0.3) is 0 Å². The van der Waals surface area contributed by atoms with Gasteiger partial charge >= 0.3 is 0 Å². The molecule has 1 N–H and O–H groups in total. The molecule has 2 aromatic rings. The normalized spacial score (nSPS) is 10.0. The van der Waals surface area contributed by atoms with Crippen LogP contribution in [0.25, 0.3) is 0 Å². The van der Waals surface area contributed by atoms with Crippen LogP contribution in [-0.4, -0.2) is 0 Å². The predicted molar refractivity (Wildman–Crippen MR) is 74.9 cm³/mol. The molecule has 0 aliphatic heterocycles. The summed E-state index contributed by atoms with van der Waals surface area (Å²) in [6.07, 6.45) is 0. The molecule has 0 atom stereocenters. The highest BCUT2D eigenvalue weighted by atomic mass is 35.5. The first-order chi connectivity index (χ1) is 9.08. The molecular weight excluding hydrogens is 286 g/mol. The van der Waals surface area contributed by atoms with Crippen LogP contribution in [0.2, 0.25) is 10.0 Å². The van der Waals surface area contributed by atoms with Gasteiger partial charge in [-0.15, -0.1) is 0 Å². The Hall–Kier alpha value is -1.76. The third kappa shape index (κ3) is 3.60. The number of hydrogen-bond acceptors (Lipinski definition) is 2. The average Bonchev–Trinajstić information content (AvgIpc) is 2.37. The second-order valence-electron chi connectivity index (χ2n) is 3.93. The summed E-state index contributed by atoms with van der Waals surface area (Å²) in [6, 6.07) is 11.2. The zero-order valence-electron chi connectivity index (χ0n) is 9.75. The van der Waals surface area contributed by atoms with E-state index in [-0.39, 0.29) is 12.4 Å². The topological polar surface area (TPSA) is 35.8 Å². The fourth-order valence-corrected chi connectivity index (χ4v) is 2.16. The van der Waals surface area contributed by atoms with Gasteiger partial charge in [-0.3, -0.25) is 0 Å². The van der Waals surface area contributed by atoms with E-state index >= 15 is 0 Å². The van der Waals surface area contributed by atoms with Gasteiger partial charge in [0.05, 0.1) is 11.6 Å². The molecule has 2 nitrogen and oxygen atoms in total. The monoisotopic (exact) mass is 294 g/mol. The summed E-state index contributed by atoms with van der Waals surface area (Å²) in [7, 11) is 0. The van der Waals surface area contributed by atoms with Gasteiger partial charge in [0, 0.05) is 27.8 Å². The van der Waals surface area contributed by atoms with Gasteiger partial charge in [0.15, 0.2) is 0 Å². The molecule has 0 aliphatic rings. The molecule has 0 saturated heterocycles. The van der Waals surface area contributed by atoms with E-state index < -0.39 is 0 Å². The maximum atomic E-state index is 13.6. The van der Waals surface area contributed by atoms with Crippen molar-refractivity contribution in [3.05, 3.63) is 63.4 Å². The Labute approximate surface area is 120 Å². The van der Waals surface area contributed by atoms with Crippen LogP contribution in [0.3, 0.4) is 0 Å². The van der Waals surface area contributed by atoms with Crippen LogP contribution < -0.4 is 5.32 Å². The molecule has 0 radical (unpaired) electrons. The van der Waals surface area contributed by atoms with Crippen molar-refractivity contribution >= 4 is 28.9 Å². The molecule has 0 aliphatic carbocycles. The van der Waals surface area contributed by atoms with E-state index in [0.29, 0.717) is 26.9 Å². The Morgan fingerprint density at radius 1 is 1.11 bits per heavy atom. The van der Waals surface area contributed by atoms with Gasteiger partial charge in [-0.1, -0.05) is 23.2 Å². The van der Waals surface area contributed by atoms with E-state index in [1.165, 1.54) is 18.2 Å². The van der Waals surface area contributed by atoms with Crippen LogP contribution >= 0.6 is 23.2 Å². The molecule has 5 heteroatoms. The summed E-state index contributed by atoms with van der Waals surface area (Å²) in [6.45, 7) is 0.248. The van der Waals surface area contributed by atoms with Crippen LogP contribution in [0, 0.1) is 17.1 Å². The van der Waals surface area contributed by atoms with Crippen LogP contribution in [0.5, 0.6) is 0 Å². The van der Waals surface area contributed by atoms with Crippen molar-refractivity contribution < 1.29 is 4.39 Å². The molecule has 0 fully saturated rings. The Morgan fingerprint density at radius 2 is 1.79 bits per heavy atom. The van der Waals surface area contributed by atoms with Crippen LogP contribution in [0.1, 0.15) is 11.1 Å². The molecule has 0 unspecified atom stereocenters. The first-order valence-corrected chi connectivity index (χ1v) is 6.22. The lowest BCUT2D eigenvalue weighted by atomic mass is 10.1. The van der Waals surface area contributed by atoms with Crippen LogP contribution in [0.15, 0.2) is 36.4 Å². The number of halogens is 3. The van der Waals surface area contributed by atoms with Gasteiger partial charge in [0.2, 0.25) is 0 Å². The molecule has 2 rings (SSSR count). The summed E-state index contributed by atoms with van der Waals surface area (Å²) in [5.74, 6) is -0.361. The summed E-state index contributed by atoms with van der Waals surface area (Å²) < 4.78 is 13.6. The van der Waals surface area contributed by atoms with Gasteiger partial charge in [-0.2, -0.15) is 5.26 Å². The summed E-state index contributed by atoms with van der Waals surface area (Å²) in [4.78, 5) is 0. The number of nitriles is 1. The molecule has 19 heavy (non-hydrogen) atoms. The minimum absolute atomic E-state index is 0.248. The quantitative estimate of drug-likeness (QED) is 0.897. The Balaban J connectivity index is 2.16. The number of nitrogens with one attached hydrogen (secondary N) is 1. The first kappa shape index (κ1) is 13.7. The molecule has 0 heterocycles. The zero-order valence-corrected chi connectivity index (χ0v) is 11.3. The van der Waals surface area contributed by atoms with E-state index in [2.05, 4.69) is 5.32 Å². The minimum Gasteiger partial charge on any atom is -0.381 e. The van der Waals surface area contributed by atoms with Gasteiger partial charge in [-0.25, -0.2) is 4.39 Å². The summed E-state index contributed by atoms with van der Waals surface area (Å²) in [5, 5.41) is 12.8. The molecule has 2 aromatic carbocycles. The predicted octanol–water partition coefficient (Wildman–Crippen LogP) is 4.62. The van der Waals surface area contributed by atoms with Crippen molar-refractivity contribution in [2.45, 2.75) is 6.54 Å². The number of benzene rings is 2. The molecule has 0 aromatic heterocycles. The van der Waals surface area contributed by atoms with Crippen molar-refractivity contribution in [2.75, 3.05) is 5.32 Å². The summed E-state index contributed by atoms with van der Waals surface area (Å²) in [5.41, 5.74) is 1.52. The van der Waals surface area contributed by atoms with Crippen molar-refractivity contribution in [2.24, 2.45) is 0 Å². The van der Waals surface area contributed by atoms with E-state index in [4.69, 9.17) is 28.5 Å². The van der Waals surface area contributed by atoms with Crippen molar-refractivity contribution in [3.8, 4) is 6.07 Å². The fourth-order valence-electron chi connectivity index (χ4n) is 1.63. The first-order valence-electron chi connectivity index (χ1n) is 5.47. The smallest absolute Gasteiger partial charge is 0.128 e. The average molecular weight is 295 g/mol. The number of nitrogens with zero attached hydrogens (tertiary/aromatic N) is 1. The lowest BCUT2D eigenvalue weighted by Crippen LogP contribution is -2.02. The molecule has 0 saturated carbocycles. The van der Waals surface area contributed by atoms with E-state index in [1.54, 1.807) is 18.2 Å². The van der Waals surface area contributed by atoms with E-state index in [0.717, 1.165) is 0 Å². The van der Waals surface area contributed by atoms with Crippen molar-refractivity contribution in [1.82, 2.24) is 0 Å². The highest BCUT2D eigenvalue weighted by molar-refractivity contribution is 6.35. The molecule has 0 spiro atoms.